The predicted octanol–water partition coefficient (Wildman–Crippen LogP) is 5.21. The maximum absolute atomic E-state index is 14.0. The normalized spacial score (nSPS) is 15.9. The van der Waals surface area contributed by atoms with Crippen molar-refractivity contribution < 1.29 is 32.2 Å². The van der Waals surface area contributed by atoms with Crippen molar-refractivity contribution in [2.45, 2.75) is 18.7 Å². The van der Waals surface area contributed by atoms with Gasteiger partial charge in [0.25, 0.3) is 0 Å². The molecule has 144 valence electrons. The lowest BCUT2D eigenvalue weighted by atomic mass is 10.0. The van der Waals surface area contributed by atoms with Crippen molar-refractivity contribution in [3.8, 4) is 17.0 Å². The second kappa shape index (κ2) is 6.40. The number of H-pyrrole nitrogens is 1. The van der Waals surface area contributed by atoms with Crippen LogP contribution in [0.2, 0.25) is 0 Å². The van der Waals surface area contributed by atoms with Crippen LogP contribution in [0.3, 0.4) is 0 Å². The van der Waals surface area contributed by atoms with Crippen LogP contribution >= 0.6 is 0 Å². The Morgan fingerprint density at radius 2 is 1.79 bits per heavy atom. The Morgan fingerprint density at radius 3 is 2.43 bits per heavy atom. The summed E-state index contributed by atoms with van der Waals surface area (Å²) < 4.78 is 59.0. The first-order valence-electron chi connectivity index (χ1n) is 8.32. The van der Waals surface area contributed by atoms with E-state index in [0.29, 0.717) is 17.0 Å². The molecule has 2 heterocycles. The average Bonchev–Trinajstić information content (AvgIpc) is 3.28. The lowest BCUT2D eigenvalue weighted by Crippen LogP contribution is -2.09. The standard InChI is InChI=1S/C20H13F4NO3/c21-14-6-5-13(20(22,23)24)12-9-17(28-18(12)14)16-8-7-15(25-16)10-1-3-11(4-2-10)19(26)27/h1-8,17,25H,9H2,(H,26,27). The number of halogens is 4. The molecule has 0 amide bonds. The van der Waals surface area contributed by atoms with E-state index in [1.54, 1.807) is 24.3 Å². The predicted molar refractivity (Wildman–Crippen MR) is 91.7 cm³/mol. The number of carboxylic acids is 1. The van der Waals surface area contributed by atoms with Crippen LogP contribution in [0.15, 0.2) is 48.5 Å². The van der Waals surface area contributed by atoms with Gasteiger partial charge in [-0.2, -0.15) is 13.2 Å². The molecule has 0 bridgehead atoms. The van der Waals surface area contributed by atoms with E-state index in [1.165, 1.54) is 12.1 Å². The number of alkyl halides is 3. The highest BCUT2D eigenvalue weighted by Crippen LogP contribution is 2.45. The van der Waals surface area contributed by atoms with Crippen LogP contribution in [0, 0.1) is 5.82 Å². The summed E-state index contributed by atoms with van der Waals surface area (Å²) in [5.74, 6) is -2.25. The monoisotopic (exact) mass is 391 g/mol. The number of fused-ring (bicyclic) bond motifs is 1. The van der Waals surface area contributed by atoms with Gasteiger partial charge >= 0.3 is 12.1 Å². The van der Waals surface area contributed by atoms with Crippen LogP contribution < -0.4 is 4.74 Å². The van der Waals surface area contributed by atoms with E-state index >= 15 is 0 Å². The third-order valence-electron chi connectivity index (χ3n) is 4.67. The summed E-state index contributed by atoms with van der Waals surface area (Å²) in [5.41, 5.74) is 0.889. The molecule has 0 spiro atoms. The number of hydrogen-bond donors (Lipinski definition) is 2. The number of carbonyl (C=O) groups is 1. The fourth-order valence-electron chi connectivity index (χ4n) is 3.30. The first-order chi connectivity index (χ1) is 13.2. The Hall–Kier alpha value is -3.29. The molecule has 3 aromatic rings. The second-order valence-corrected chi connectivity index (χ2v) is 6.42. The Morgan fingerprint density at radius 1 is 1.07 bits per heavy atom. The fraction of sp³-hybridized carbons (Fsp3) is 0.150. The topological polar surface area (TPSA) is 62.3 Å². The number of carboxylic acid groups (broad SMARTS) is 1. The van der Waals surface area contributed by atoms with Gasteiger partial charge in [0.05, 0.1) is 16.8 Å². The third kappa shape index (κ3) is 3.11. The molecule has 1 atom stereocenters. The van der Waals surface area contributed by atoms with Crippen LogP contribution in [-0.4, -0.2) is 16.1 Å². The molecule has 4 rings (SSSR count). The van der Waals surface area contributed by atoms with E-state index in [9.17, 15) is 22.4 Å². The summed E-state index contributed by atoms with van der Waals surface area (Å²) in [6, 6.07) is 11.0. The molecule has 1 unspecified atom stereocenters. The molecule has 4 nitrogen and oxygen atoms in total. The molecule has 1 aliphatic rings. The molecule has 28 heavy (non-hydrogen) atoms. The van der Waals surface area contributed by atoms with Gasteiger partial charge in [0.15, 0.2) is 11.6 Å². The number of aromatic nitrogens is 1. The number of aromatic amines is 1. The van der Waals surface area contributed by atoms with E-state index in [1.807, 2.05) is 0 Å². The van der Waals surface area contributed by atoms with E-state index in [4.69, 9.17) is 9.84 Å². The van der Waals surface area contributed by atoms with Crippen molar-refractivity contribution in [2.24, 2.45) is 0 Å². The Labute approximate surface area is 156 Å². The van der Waals surface area contributed by atoms with Gasteiger partial charge in [0.1, 0.15) is 6.10 Å². The zero-order chi connectivity index (χ0) is 20.1. The minimum absolute atomic E-state index is 0.111. The van der Waals surface area contributed by atoms with Gasteiger partial charge < -0.3 is 14.8 Å². The molecule has 2 aromatic carbocycles. The molecule has 0 aliphatic carbocycles. The number of nitrogens with one attached hydrogen (secondary N) is 1. The number of benzene rings is 2. The van der Waals surface area contributed by atoms with Gasteiger partial charge in [-0.1, -0.05) is 12.1 Å². The SMILES string of the molecule is O=C(O)c1ccc(-c2ccc(C3Cc4c(C(F)(F)F)ccc(F)c4O3)[nH]2)cc1. The summed E-state index contributed by atoms with van der Waals surface area (Å²) in [5, 5.41) is 8.95. The van der Waals surface area contributed by atoms with Gasteiger partial charge in [-0.3, -0.25) is 0 Å². The third-order valence-corrected chi connectivity index (χ3v) is 4.67. The molecule has 1 aliphatic heterocycles. The quantitative estimate of drug-likeness (QED) is 0.602. The minimum Gasteiger partial charge on any atom is -0.480 e. The number of rotatable bonds is 3. The van der Waals surface area contributed by atoms with Crippen molar-refractivity contribution in [1.82, 2.24) is 4.98 Å². The van der Waals surface area contributed by atoms with Crippen LogP contribution in [0.4, 0.5) is 17.6 Å². The lowest BCUT2D eigenvalue weighted by Gasteiger charge is -2.10. The van der Waals surface area contributed by atoms with Crippen LogP contribution in [0.1, 0.15) is 33.3 Å². The van der Waals surface area contributed by atoms with Gasteiger partial charge in [-0.05, 0) is 42.0 Å². The molecule has 8 heteroatoms. The minimum atomic E-state index is -4.59. The van der Waals surface area contributed by atoms with Crippen LogP contribution in [0.25, 0.3) is 11.3 Å². The van der Waals surface area contributed by atoms with Gasteiger partial charge in [0, 0.05) is 17.7 Å². The zero-order valence-corrected chi connectivity index (χ0v) is 14.2. The smallest absolute Gasteiger partial charge is 0.416 e. The van der Waals surface area contributed by atoms with E-state index in [2.05, 4.69) is 4.98 Å². The molecule has 0 saturated heterocycles. The molecule has 2 N–H and O–H groups in total. The van der Waals surface area contributed by atoms with E-state index < -0.39 is 29.6 Å². The Bertz CT molecular complexity index is 1050. The van der Waals surface area contributed by atoms with Crippen molar-refractivity contribution in [3.63, 3.8) is 0 Å². The summed E-state index contributed by atoms with van der Waals surface area (Å²) in [4.78, 5) is 14.0. The van der Waals surface area contributed by atoms with Gasteiger partial charge in [-0.15, -0.1) is 0 Å². The largest absolute Gasteiger partial charge is 0.480 e. The van der Waals surface area contributed by atoms with Crippen molar-refractivity contribution in [3.05, 3.63) is 76.7 Å². The molecule has 1 aromatic heterocycles. The maximum atomic E-state index is 14.0. The highest BCUT2D eigenvalue weighted by Gasteiger charge is 2.40. The first kappa shape index (κ1) is 18.1. The first-order valence-corrected chi connectivity index (χ1v) is 8.32. The maximum Gasteiger partial charge on any atom is 0.416 e. The van der Waals surface area contributed by atoms with E-state index in [-0.39, 0.29) is 23.3 Å². The average molecular weight is 391 g/mol. The Balaban J connectivity index is 1.62. The van der Waals surface area contributed by atoms with Crippen molar-refractivity contribution in [2.75, 3.05) is 0 Å². The number of ether oxygens (including phenoxy) is 1. The number of hydrogen-bond acceptors (Lipinski definition) is 2. The summed E-state index contributed by atoms with van der Waals surface area (Å²) >= 11 is 0. The summed E-state index contributed by atoms with van der Waals surface area (Å²) in [6.45, 7) is 0. The molecule has 0 radical (unpaired) electrons. The zero-order valence-electron chi connectivity index (χ0n) is 14.2. The lowest BCUT2D eigenvalue weighted by molar-refractivity contribution is -0.138. The van der Waals surface area contributed by atoms with Crippen LogP contribution in [-0.2, 0) is 12.6 Å². The molecular formula is C20H13F4NO3. The van der Waals surface area contributed by atoms with Crippen molar-refractivity contribution in [1.29, 1.82) is 0 Å². The summed E-state index contributed by atoms with van der Waals surface area (Å²) in [7, 11) is 0. The van der Waals surface area contributed by atoms with Gasteiger partial charge in [0.2, 0.25) is 0 Å². The highest BCUT2D eigenvalue weighted by atomic mass is 19.4. The van der Waals surface area contributed by atoms with Gasteiger partial charge in [-0.25, -0.2) is 9.18 Å². The Kier molecular flexibility index (Phi) is 4.14. The fourth-order valence-corrected chi connectivity index (χ4v) is 3.30. The molecule has 0 saturated carbocycles. The number of aromatic carboxylic acids is 1. The molecule has 0 fully saturated rings. The summed E-state index contributed by atoms with van der Waals surface area (Å²) in [6.07, 6.45) is -5.48. The van der Waals surface area contributed by atoms with Crippen molar-refractivity contribution >= 4 is 5.97 Å². The molecular weight excluding hydrogens is 378 g/mol. The highest BCUT2D eigenvalue weighted by molar-refractivity contribution is 5.88. The second-order valence-electron chi connectivity index (χ2n) is 6.42. The van der Waals surface area contributed by atoms with E-state index in [0.717, 1.165) is 12.1 Å². The van der Waals surface area contributed by atoms with Crippen LogP contribution in [0.5, 0.6) is 5.75 Å².